The van der Waals surface area contributed by atoms with Crippen LogP contribution in [0, 0.1) is 0 Å². The van der Waals surface area contributed by atoms with Crippen molar-refractivity contribution in [3.8, 4) is 5.75 Å². The van der Waals surface area contributed by atoms with E-state index in [0.717, 1.165) is 5.12 Å². The van der Waals surface area contributed by atoms with E-state index in [2.05, 4.69) is 20.5 Å². The first kappa shape index (κ1) is 18.5. The van der Waals surface area contributed by atoms with E-state index in [1.54, 1.807) is 38.4 Å². The third-order valence-corrected chi connectivity index (χ3v) is 4.00. The summed E-state index contributed by atoms with van der Waals surface area (Å²) in [6.07, 6.45) is 0. The molecular weight excluding hydrogens is 372 g/mol. The Morgan fingerprint density at radius 2 is 2.19 bits per heavy atom. The Morgan fingerprint density at radius 1 is 1.44 bits per heavy atom. The highest BCUT2D eigenvalue weighted by Crippen LogP contribution is 2.33. The van der Waals surface area contributed by atoms with Crippen molar-refractivity contribution in [1.29, 1.82) is 0 Å². The number of rotatable bonds is 5. The van der Waals surface area contributed by atoms with Crippen molar-refractivity contribution in [2.75, 3.05) is 19.5 Å². The lowest BCUT2D eigenvalue weighted by molar-refractivity contribution is 0.371. The van der Waals surface area contributed by atoms with Gasteiger partial charge in [0.25, 0.3) is 5.56 Å². The van der Waals surface area contributed by atoms with Crippen molar-refractivity contribution in [2.24, 2.45) is 23.7 Å². The largest absolute Gasteiger partial charge is 0.494 e. The molecule has 0 bridgehead atoms. The highest BCUT2D eigenvalue weighted by Gasteiger charge is 2.17. The lowest BCUT2D eigenvalue weighted by atomic mass is 10.1. The van der Waals surface area contributed by atoms with Gasteiger partial charge < -0.3 is 15.8 Å². The number of halogens is 1. The van der Waals surface area contributed by atoms with E-state index in [4.69, 9.17) is 27.9 Å². The molecule has 0 fully saturated rings. The van der Waals surface area contributed by atoms with Gasteiger partial charge in [0.2, 0.25) is 0 Å². The van der Waals surface area contributed by atoms with Crippen molar-refractivity contribution in [2.45, 2.75) is 0 Å². The highest BCUT2D eigenvalue weighted by atomic mass is 35.5. The number of benzene rings is 1. The smallest absolute Gasteiger partial charge is 0.277 e. The monoisotopic (exact) mass is 390 g/mol. The summed E-state index contributed by atoms with van der Waals surface area (Å²) in [6.45, 7) is 0. The van der Waals surface area contributed by atoms with Gasteiger partial charge in [-0.15, -0.1) is 5.10 Å². The van der Waals surface area contributed by atoms with Crippen molar-refractivity contribution in [3.63, 3.8) is 0 Å². The molecule has 0 aliphatic heterocycles. The van der Waals surface area contributed by atoms with Crippen molar-refractivity contribution in [3.05, 3.63) is 45.3 Å². The van der Waals surface area contributed by atoms with Crippen LogP contribution in [-0.4, -0.2) is 39.9 Å². The minimum atomic E-state index is -0.238. The Bertz CT molecular complexity index is 1090. The van der Waals surface area contributed by atoms with Gasteiger partial charge in [0, 0.05) is 14.1 Å². The average Bonchev–Trinajstić information content (AvgIpc) is 2.88. The maximum atomic E-state index is 12.4. The number of aromatic amines is 1. The van der Waals surface area contributed by atoms with E-state index >= 15 is 0 Å². The number of aromatic nitrogens is 3. The van der Waals surface area contributed by atoms with Crippen LogP contribution in [-0.2, 0) is 7.05 Å². The molecule has 0 spiro atoms. The van der Waals surface area contributed by atoms with Crippen LogP contribution in [0.1, 0.15) is 5.56 Å². The van der Waals surface area contributed by atoms with E-state index in [1.165, 1.54) is 11.8 Å². The molecule has 0 atom stereocenters. The van der Waals surface area contributed by atoms with Crippen LogP contribution < -0.4 is 27.2 Å². The Balaban J connectivity index is 2.15. The van der Waals surface area contributed by atoms with Gasteiger partial charge >= 0.3 is 0 Å². The number of aryl methyl sites for hydroxylation is 1. The summed E-state index contributed by atoms with van der Waals surface area (Å²) < 4.78 is 6.83. The van der Waals surface area contributed by atoms with Crippen LogP contribution >= 0.6 is 11.6 Å². The quantitative estimate of drug-likeness (QED) is 0.168. The lowest BCUT2D eigenvalue weighted by Crippen LogP contribution is -2.26. The highest BCUT2D eigenvalue weighted by molar-refractivity contribution is 6.30. The molecule has 0 amide bonds. The first-order valence-corrected chi connectivity index (χ1v) is 8.21. The van der Waals surface area contributed by atoms with Gasteiger partial charge in [0.15, 0.2) is 17.2 Å². The topological polar surface area (TPSA) is 140 Å². The van der Waals surface area contributed by atoms with Crippen LogP contribution in [0.2, 0.25) is 5.15 Å². The van der Waals surface area contributed by atoms with Gasteiger partial charge in [0.05, 0.1) is 24.0 Å². The van der Waals surface area contributed by atoms with Crippen molar-refractivity contribution >= 4 is 39.8 Å². The van der Waals surface area contributed by atoms with Gasteiger partial charge in [-0.1, -0.05) is 17.7 Å². The molecule has 10 nitrogen and oxygen atoms in total. The fourth-order valence-corrected chi connectivity index (χ4v) is 2.91. The molecule has 3 rings (SSSR count). The zero-order chi connectivity index (χ0) is 19.7. The normalized spacial score (nSPS) is 11.7. The predicted molar refractivity (Wildman–Crippen MR) is 105 cm³/mol. The molecule has 0 saturated heterocycles. The minimum Gasteiger partial charge on any atom is -0.494 e. The molecule has 2 heterocycles. The van der Waals surface area contributed by atoms with E-state index in [0.29, 0.717) is 33.7 Å². The maximum absolute atomic E-state index is 12.4. The minimum absolute atomic E-state index is 0.177. The van der Waals surface area contributed by atoms with Gasteiger partial charge in [-0.3, -0.25) is 14.6 Å². The number of H-pyrrole nitrogens is 1. The van der Waals surface area contributed by atoms with Crippen LogP contribution in [0.4, 0.5) is 11.4 Å². The fraction of sp³-hybridized carbons (Fsp3) is 0.188. The van der Waals surface area contributed by atoms with Crippen LogP contribution in [0.15, 0.2) is 34.2 Å². The van der Waals surface area contributed by atoms with Crippen LogP contribution in [0.5, 0.6) is 5.75 Å². The zero-order valence-corrected chi connectivity index (χ0v) is 15.7. The molecule has 0 aliphatic carbocycles. The van der Waals surface area contributed by atoms with Gasteiger partial charge in [-0.2, -0.15) is 0 Å². The molecule has 3 aromatic rings. The summed E-state index contributed by atoms with van der Waals surface area (Å²) in [6, 6.07) is 6.86. The SMILES string of the molecule is COc1c(Nc2cc(Cl)nc3[nH]n(C)c(=O)c23)cccc1/C(N)=N/N(C)N. The number of para-hydroxylation sites is 1. The number of hydrazine groups is 1. The Kier molecular flexibility index (Phi) is 4.93. The summed E-state index contributed by atoms with van der Waals surface area (Å²) >= 11 is 6.09. The Hall–Kier alpha value is -3.24. The Morgan fingerprint density at radius 3 is 2.85 bits per heavy atom. The summed E-state index contributed by atoms with van der Waals surface area (Å²) in [5.74, 6) is 6.14. The molecule has 1 aromatic carbocycles. The van der Waals surface area contributed by atoms with E-state index in [9.17, 15) is 4.79 Å². The number of fused-ring (bicyclic) bond motifs is 1. The average molecular weight is 391 g/mol. The number of nitrogens with one attached hydrogen (secondary N) is 2. The van der Waals surface area contributed by atoms with Gasteiger partial charge in [-0.05, 0) is 18.2 Å². The van der Waals surface area contributed by atoms with E-state index in [-0.39, 0.29) is 16.5 Å². The second kappa shape index (κ2) is 7.17. The molecule has 0 unspecified atom stereocenters. The first-order valence-electron chi connectivity index (χ1n) is 7.84. The van der Waals surface area contributed by atoms with Crippen LogP contribution in [0.3, 0.4) is 0 Å². The number of anilines is 2. The number of amidine groups is 1. The third-order valence-electron chi connectivity index (χ3n) is 3.81. The van der Waals surface area contributed by atoms with Crippen molar-refractivity contribution < 1.29 is 4.74 Å². The first-order chi connectivity index (χ1) is 12.8. The van der Waals surface area contributed by atoms with Crippen LogP contribution in [0.25, 0.3) is 11.0 Å². The number of hydrazone groups is 1. The second-order valence-corrected chi connectivity index (χ2v) is 6.15. The molecular formula is C16H19ClN8O2. The molecule has 0 saturated carbocycles. The van der Waals surface area contributed by atoms with Gasteiger partial charge in [0.1, 0.15) is 10.5 Å². The molecule has 6 N–H and O–H groups in total. The molecule has 11 heteroatoms. The number of hydrogen-bond donors (Lipinski definition) is 4. The summed E-state index contributed by atoms with van der Waals surface area (Å²) in [4.78, 5) is 16.6. The zero-order valence-electron chi connectivity index (χ0n) is 14.9. The molecule has 2 aromatic heterocycles. The maximum Gasteiger partial charge on any atom is 0.277 e. The number of hydrogen-bond acceptors (Lipinski definition) is 7. The molecule has 142 valence electrons. The second-order valence-electron chi connectivity index (χ2n) is 5.76. The van der Waals surface area contributed by atoms with E-state index < -0.39 is 0 Å². The standard InChI is InChI=1S/C16H19ClN8O2/c1-24-16(26)12-10(7-11(17)21-15(12)23-24)20-9-6-4-5-8(13(9)27-3)14(18)22-25(2)19/h4-7H,19H2,1-3H3,(H2,18,22)(H2,20,21,23). The summed E-state index contributed by atoms with van der Waals surface area (Å²) in [5, 5.41) is 11.7. The predicted octanol–water partition coefficient (Wildman–Crippen LogP) is 1.09. The molecule has 0 radical (unpaired) electrons. The van der Waals surface area contributed by atoms with E-state index in [1.807, 2.05) is 0 Å². The Labute approximate surface area is 159 Å². The number of nitrogens with zero attached hydrogens (tertiary/aromatic N) is 4. The van der Waals surface area contributed by atoms with Crippen molar-refractivity contribution in [1.82, 2.24) is 19.9 Å². The summed E-state index contributed by atoms with van der Waals surface area (Å²) in [7, 11) is 4.66. The lowest BCUT2D eigenvalue weighted by Gasteiger charge is -2.16. The summed E-state index contributed by atoms with van der Waals surface area (Å²) in [5.41, 5.74) is 7.73. The number of pyridine rings is 1. The van der Waals surface area contributed by atoms with Gasteiger partial charge in [-0.25, -0.2) is 15.9 Å². The molecule has 0 aliphatic rings. The number of methoxy groups -OCH3 is 1. The number of nitrogens with two attached hydrogens (primary N) is 2. The molecule has 27 heavy (non-hydrogen) atoms. The third kappa shape index (κ3) is 3.52. The fourth-order valence-electron chi connectivity index (χ4n) is 2.71. The number of ether oxygens (including phenoxy) is 1.